The summed E-state index contributed by atoms with van der Waals surface area (Å²) >= 11 is 0. The average molecular weight is 244 g/mol. The number of ether oxygens (including phenoxy) is 1. The highest BCUT2D eigenvalue weighted by Crippen LogP contribution is 2.17. The first-order valence-corrected chi connectivity index (χ1v) is 5.72. The Morgan fingerprint density at radius 2 is 2.06 bits per heavy atom. The SMILES string of the molecule is CNC(=O)C1CCCN(C(=O)OC(C)(C)C)O1. The molecule has 1 N–H and O–H groups in total. The summed E-state index contributed by atoms with van der Waals surface area (Å²) in [5.74, 6) is -0.224. The van der Waals surface area contributed by atoms with E-state index in [1.165, 1.54) is 7.05 Å². The van der Waals surface area contributed by atoms with E-state index in [0.29, 0.717) is 13.0 Å². The van der Waals surface area contributed by atoms with E-state index in [1.54, 1.807) is 20.8 Å². The second-order valence-corrected chi connectivity index (χ2v) is 4.93. The van der Waals surface area contributed by atoms with Crippen LogP contribution >= 0.6 is 0 Å². The van der Waals surface area contributed by atoms with Gasteiger partial charge in [0.2, 0.25) is 0 Å². The Bertz CT molecular complexity index is 298. The lowest BCUT2D eigenvalue weighted by atomic mass is 10.1. The molecule has 1 atom stereocenters. The van der Waals surface area contributed by atoms with Crippen LogP contribution in [0.4, 0.5) is 4.79 Å². The number of likely N-dealkylation sites (N-methyl/N-ethyl adjacent to an activating group) is 1. The third-order valence-corrected chi connectivity index (χ3v) is 2.22. The molecular weight excluding hydrogens is 224 g/mol. The van der Waals surface area contributed by atoms with Gasteiger partial charge in [-0.15, -0.1) is 0 Å². The van der Waals surface area contributed by atoms with Crippen molar-refractivity contribution >= 4 is 12.0 Å². The van der Waals surface area contributed by atoms with E-state index in [0.717, 1.165) is 11.5 Å². The molecule has 17 heavy (non-hydrogen) atoms. The van der Waals surface area contributed by atoms with Crippen molar-refractivity contribution in [3.8, 4) is 0 Å². The Balaban J connectivity index is 2.55. The van der Waals surface area contributed by atoms with Crippen molar-refractivity contribution in [2.45, 2.75) is 45.3 Å². The summed E-state index contributed by atoms with van der Waals surface area (Å²) in [6.45, 7) is 5.80. The molecule has 1 fully saturated rings. The van der Waals surface area contributed by atoms with Gasteiger partial charge < -0.3 is 10.1 Å². The predicted octanol–water partition coefficient (Wildman–Crippen LogP) is 1.06. The van der Waals surface area contributed by atoms with E-state index in [-0.39, 0.29) is 5.91 Å². The van der Waals surface area contributed by atoms with Crippen LogP contribution < -0.4 is 5.32 Å². The molecule has 0 aromatic heterocycles. The molecule has 0 radical (unpaired) electrons. The summed E-state index contributed by atoms with van der Waals surface area (Å²) in [6, 6.07) is 0. The van der Waals surface area contributed by atoms with Crippen molar-refractivity contribution in [3.63, 3.8) is 0 Å². The first-order valence-electron chi connectivity index (χ1n) is 5.72. The van der Waals surface area contributed by atoms with E-state index >= 15 is 0 Å². The molecular formula is C11H20N2O4. The van der Waals surface area contributed by atoms with Gasteiger partial charge in [0.25, 0.3) is 5.91 Å². The van der Waals surface area contributed by atoms with Gasteiger partial charge in [-0.25, -0.2) is 4.79 Å². The number of hydrogen-bond acceptors (Lipinski definition) is 4. The van der Waals surface area contributed by atoms with Crippen LogP contribution in [-0.2, 0) is 14.4 Å². The van der Waals surface area contributed by atoms with E-state index in [9.17, 15) is 9.59 Å². The number of carbonyl (C=O) groups is 2. The quantitative estimate of drug-likeness (QED) is 0.749. The lowest BCUT2D eigenvalue weighted by Gasteiger charge is -2.32. The normalized spacial score (nSPS) is 20.9. The zero-order valence-electron chi connectivity index (χ0n) is 10.8. The minimum Gasteiger partial charge on any atom is -0.442 e. The molecule has 0 spiro atoms. The van der Waals surface area contributed by atoms with Gasteiger partial charge in [-0.3, -0.25) is 9.63 Å². The summed E-state index contributed by atoms with van der Waals surface area (Å²) in [4.78, 5) is 28.4. The highest BCUT2D eigenvalue weighted by molar-refractivity contribution is 5.80. The third kappa shape index (κ3) is 4.22. The van der Waals surface area contributed by atoms with Gasteiger partial charge in [0, 0.05) is 7.05 Å². The number of rotatable bonds is 1. The Morgan fingerprint density at radius 1 is 1.41 bits per heavy atom. The Labute approximate surface area is 101 Å². The van der Waals surface area contributed by atoms with Crippen molar-refractivity contribution in [1.29, 1.82) is 0 Å². The molecule has 2 amide bonds. The molecule has 1 aliphatic heterocycles. The lowest BCUT2D eigenvalue weighted by molar-refractivity contribution is -0.205. The molecule has 0 bridgehead atoms. The molecule has 6 heteroatoms. The van der Waals surface area contributed by atoms with E-state index in [2.05, 4.69) is 5.32 Å². The van der Waals surface area contributed by atoms with Crippen LogP contribution in [0.2, 0.25) is 0 Å². The van der Waals surface area contributed by atoms with Gasteiger partial charge in [0.05, 0.1) is 6.54 Å². The summed E-state index contributed by atoms with van der Waals surface area (Å²) in [6.07, 6.45) is 0.170. The molecule has 98 valence electrons. The lowest BCUT2D eigenvalue weighted by Crippen LogP contribution is -2.47. The fourth-order valence-electron chi connectivity index (χ4n) is 1.47. The zero-order chi connectivity index (χ0) is 13.1. The minimum absolute atomic E-state index is 0.224. The Morgan fingerprint density at radius 3 is 2.59 bits per heavy atom. The van der Waals surface area contributed by atoms with E-state index < -0.39 is 17.8 Å². The maximum Gasteiger partial charge on any atom is 0.434 e. The number of amides is 2. The Hall–Kier alpha value is -1.30. The molecule has 6 nitrogen and oxygen atoms in total. The van der Waals surface area contributed by atoms with Gasteiger partial charge >= 0.3 is 6.09 Å². The molecule has 1 rings (SSSR count). The fraction of sp³-hybridized carbons (Fsp3) is 0.818. The van der Waals surface area contributed by atoms with Gasteiger partial charge in [-0.2, -0.15) is 5.06 Å². The molecule has 1 unspecified atom stereocenters. The van der Waals surface area contributed by atoms with Crippen LogP contribution in [0.5, 0.6) is 0 Å². The van der Waals surface area contributed by atoms with Crippen molar-refractivity contribution in [2.24, 2.45) is 0 Å². The van der Waals surface area contributed by atoms with E-state index in [1.807, 2.05) is 0 Å². The molecule has 1 heterocycles. The van der Waals surface area contributed by atoms with Crippen molar-refractivity contribution in [3.05, 3.63) is 0 Å². The average Bonchev–Trinajstić information content (AvgIpc) is 2.26. The molecule has 0 saturated carbocycles. The standard InChI is InChI=1S/C11H20N2O4/c1-11(2,3)16-10(15)13-7-5-6-8(17-13)9(14)12-4/h8H,5-7H2,1-4H3,(H,12,14). The van der Waals surface area contributed by atoms with Crippen LogP contribution in [0.3, 0.4) is 0 Å². The topological polar surface area (TPSA) is 67.9 Å². The highest BCUT2D eigenvalue weighted by atomic mass is 16.7. The molecule has 1 aliphatic rings. The summed E-state index contributed by atoms with van der Waals surface area (Å²) < 4.78 is 5.17. The van der Waals surface area contributed by atoms with Crippen LogP contribution in [0.15, 0.2) is 0 Å². The van der Waals surface area contributed by atoms with Crippen LogP contribution in [-0.4, -0.2) is 42.4 Å². The number of carbonyl (C=O) groups excluding carboxylic acids is 2. The molecule has 0 aliphatic carbocycles. The number of hydroxylamine groups is 2. The van der Waals surface area contributed by atoms with Gasteiger partial charge in [0.1, 0.15) is 5.60 Å². The van der Waals surface area contributed by atoms with Crippen LogP contribution in [0.25, 0.3) is 0 Å². The van der Waals surface area contributed by atoms with Crippen LogP contribution in [0, 0.1) is 0 Å². The van der Waals surface area contributed by atoms with Crippen molar-refractivity contribution in [1.82, 2.24) is 10.4 Å². The van der Waals surface area contributed by atoms with Crippen molar-refractivity contribution < 1.29 is 19.2 Å². The number of nitrogens with one attached hydrogen (secondary N) is 1. The largest absolute Gasteiger partial charge is 0.442 e. The second kappa shape index (κ2) is 5.35. The van der Waals surface area contributed by atoms with Gasteiger partial charge in [0.15, 0.2) is 6.10 Å². The summed E-state index contributed by atoms with van der Waals surface area (Å²) in [7, 11) is 1.54. The monoisotopic (exact) mass is 244 g/mol. The summed E-state index contributed by atoms with van der Waals surface area (Å²) in [5.41, 5.74) is -0.569. The van der Waals surface area contributed by atoms with Gasteiger partial charge in [-0.1, -0.05) is 0 Å². The Kier molecular flexibility index (Phi) is 4.34. The fourth-order valence-corrected chi connectivity index (χ4v) is 1.47. The number of hydrogen-bond donors (Lipinski definition) is 1. The van der Waals surface area contributed by atoms with Crippen LogP contribution in [0.1, 0.15) is 33.6 Å². The first kappa shape index (κ1) is 13.8. The van der Waals surface area contributed by atoms with E-state index in [4.69, 9.17) is 9.57 Å². The summed E-state index contributed by atoms with van der Waals surface area (Å²) in [5, 5.41) is 3.62. The van der Waals surface area contributed by atoms with Crippen molar-refractivity contribution in [2.75, 3.05) is 13.6 Å². The predicted molar refractivity (Wildman–Crippen MR) is 61.1 cm³/mol. The smallest absolute Gasteiger partial charge is 0.434 e. The number of nitrogens with zero attached hydrogens (tertiary/aromatic N) is 1. The highest BCUT2D eigenvalue weighted by Gasteiger charge is 2.31. The second-order valence-electron chi connectivity index (χ2n) is 4.93. The third-order valence-electron chi connectivity index (χ3n) is 2.22. The maximum atomic E-state index is 11.7. The van der Waals surface area contributed by atoms with Gasteiger partial charge in [-0.05, 0) is 33.6 Å². The molecule has 0 aromatic rings. The maximum absolute atomic E-state index is 11.7. The zero-order valence-corrected chi connectivity index (χ0v) is 10.8. The first-order chi connectivity index (χ1) is 7.83. The minimum atomic E-state index is -0.610. The molecule has 0 aromatic carbocycles. The molecule has 1 saturated heterocycles.